The second-order valence-electron chi connectivity index (χ2n) is 8.47. The molecule has 34 heavy (non-hydrogen) atoms. The summed E-state index contributed by atoms with van der Waals surface area (Å²) < 4.78 is 13.7. The third kappa shape index (κ3) is 4.89. The van der Waals surface area contributed by atoms with Crippen LogP contribution in [-0.2, 0) is 24.4 Å². The highest BCUT2D eigenvalue weighted by Crippen LogP contribution is 2.34. The van der Waals surface area contributed by atoms with E-state index in [1.54, 1.807) is 31.5 Å². The number of carboxylic acid groups (broad SMARTS) is 1. The fourth-order valence-electron chi connectivity index (χ4n) is 4.12. The summed E-state index contributed by atoms with van der Waals surface area (Å²) in [6, 6.07) is 15.8. The van der Waals surface area contributed by atoms with Crippen LogP contribution in [0.5, 0.6) is 11.5 Å². The van der Waals surface area contributed by atoms with E-state index in [0.29, 0.717) is 29.6 Å². The first-order valence-corrected chi connectivity index (χ1v) is 11.2. The van der Waals surface area contributed by atoms with Crippen molar-refractivity contribution in [2.24, 2.45) is 5.73 Å². The molecule has 0 saturated carbocycles. The first-order chi connectivity index (χ1) is 16.4. The van der Waals surface area contributed by atoms with Crippen LogP contribution >= 0.6 is 0 Å². The molecule has 4 aromatic rings. The minimum Gasteiger partial charge on any atom is -0.497 e. The topological polar surface area (TPSA) is 99.6 Å². The summed E-state index contributed by atoms with van der Waals surface area (Å²) in [5, 5.41) is 10.4. The molecule has 0 fully saturated rings. The molecule has 2 heterocycles. The average molecular weight is 460 g/mol. The maximum Gasteiger partial charge on any atom is 0.307 e. The standard InChI is InChI=1S/C27H29N3O4/c1-17(2)30-9-7-23-24(19-6-8-29-21(12-19)15-28)10-18(11-25(23)30)16-34-26-14-22(33-3)5-4-20(26)13-27(31)32/h4-12,14,17H,13,15-16,28H2,1-3H3,(H,31,32). The van der Waals surface area contributed by atoms with Crippen LogP contribution in [-0.4, -0.2) is 27.7 Å². The van der Waals surface area contributed by atoms with Crippen molar-refractivity contribution in [1.82, 2.24) is 9.55 Å². The highest BCUT2D eigenvalue weighted by Gasteiger charge is 2.14. The van der Waals surface area contributed by atoms with Crippen molar-refractivity contribution in [3.63, 3.8) is 0 Å². The highest BCUT2D eigenvalue weighted by molar-refractivity contribution is 5.96. The second kappa shape index (κ2) is 9.97. The molecule has 0 saturated heterocycles. The fraction of sp³-hybridized carbons (Fsp3) is 0.259. The molecule has 3 N–H and O–H groups in total. The molecule has 0 aliphatic rings. The summed E-state index contributed by atoms with van der Waals surface area (Å²) in [6.45, 7) is 4.95. The van der Waals surface area contributed by atoms with Gasteiger partial charge in [0.25, 0.3) is 0 Å². The summed E-state index contributed by atoms with van der Waals surface area (Å²) >= 11 is 0. The smallest absolute Gasteiger partial charge is 0.307 e. The van der Waals surface area contributed by atoms with Crippen molar-refractivity contribution in [1.29, 1.82) is 0 Å². The van der Waals surface area contributed by atoms with E-state index in [9.17, 15) is 9.90 Å². The molecule has 0 spiro atoms. The zero-order chi connectivity index (χ0) is 24.2. The van der Waals surface area contributed by atoms with Gasteiger partial charge in [-0.15, -0.1) is 0 Å². The number of hydrogen-bond donors (Lipinski definition) is 2. The van der Waals surface area contributed by atoms with Crippen LogP contribution in [0.3, 0.4) is 0 Å². The number of carboxylic acids is 1. The lowest BCUT2D eigenvalue weighted by Crippen LogP contribution is -2.05. The fourth-order valence-corrected chi connectivity index (χ4v) is 4.12. The van der Waals surface area contributed by atoms with E-state index >= 15 is 0 Å². The minimum atomic E-state index is -0.915. The van der Waals surface area contributed by atoms with Crippen LogP contribution in [0.4, 0.5) is 0 Å². The summed E-state index contributed by atoms with van der Waals surface area (Å²) in [4.78, 5) is 15.6. The highest BCUT2D eigenvalue weighted by atomic mass is 16.5. The van der Waals surface area contributed by atoms with Gasteiger partial charge in [-0.3, -0.25) is 9.78 Å². The van der Waals surface area contributed by atoms with Gasteiger partial charge < -0.3 is 24.9 Å². The van der Waals surface area contributed by atoms with Crippen LogP contribution in [0.25, 0.3) is 22.0 Å². The van der Waals surface area contributed by atoms with Gasteiger partial charge in [0, 0.05) is 47.5 Å². The first kappa shape index (κ1) is 23.3. The Kier molecular flexibility index (Phi) is 6.84. The molecule has 0 aliphatic carbocycles. The van der Waals surface area contributed by atoms with Gasteiger partial charge in [-0.05, 0) is 66.9 Å². The molecule has 0 aliphatic heterocycles. The number of fused-ring (bicyclic) bond motifs is 1. The monoisotopic (exact) mass is 459 g/mol. The lowest BCUT2D eigenvalue weighted by atomic mass is 9.99. The maximum atomic E-state index is 11.3. The quantitative estimate of drug-likeness (QED) is 0.367. The number of hydrogen-bond acceptors (Lipinski definition) is 5. The molecule has 4 rings (SSSR count). The predicted molar refractivity (Wildman–Crippen MR) is 132 cm³/mol. The van der Waals surface area contributed by atoms with Crippen molar-refractivity contribution >= 4 is 16.9 Å². The van der Waals surface area contributed by atoms with E-state index in [0.717, 1.165) is 33.3 Å². The molecular formula is C27H29N3O4. The number of benzene rings is 2. The molecule has 2 aromatic carbocycles. The second-order valence-corrected chi connectivity index (χ2v) is 8.47. The average Bonchev–Trinajstić information content (AvgIpc) is 3.27. The zero-order valence-corrected chi connectivity index (χ0v) is 19.6. The number of aliphatic carboxylic acids is 1. The van der Waals surface area contributed by atoms with Gasteiger partial charge in [0.2, 0.25) is 0 Å². The number of pyridine rings is 1. The number of methoxy groups -OCH3 is 1. The number of carbonyl (C=O) groups is 1. The Hall–Kier alpha value is -3.84. The zero-order valence-electron chi connectivity index (χ0n) is 19.6. The number of ether oxygens (including phenoxy) is 2. The van der Waals surface area contributed by atoms with Crippen molar-refractivity contribution in [3.8, 4) is 22.6 Å². The minimum absolute atomic E-state index is 0.126. The molecule has 0 amide bonds. The molecule has 7 nitrogen and oxygen atoms in total. The predicted octanol–water partition coefficient (Wildman–Crippen LogP) is 4.96. The van der Waals surface area contributed by atoms with Crippen LogP contribution in [0.15, 0.2) is 60.9 Å². The molecule has 0 radical (unpaired) electrons. The first-order valence-electron chi connectivity index (χ1n) is 11.2. The number of rotatable bonds is 9. The van der Waals surface area contributed by atoms with E-state index in [1.165, 1.54) is 0 Å². The van der Waals surface area contributed by atoms with Gasteiger partial charge >= 0.3 is 5.97 Å². The molecule has 0 bridgehead atoms. The Bertz CT molecular complexity index is 1330. The third-order valence-electron chi connectivity index (χ3n) is 5.80. The summed E-state index contributed by atoms with van der Waals surface area (Å²) in [5.41, 5.74) is 11.4. The van der Waals surface area contributed by atoms with Crippen molar-refractivity contribution < 1.29 is 19.4 Å². The SMILES string of the molecule is COc1ccc(CC(=O)O)c(OCc2cc(-c3ccnc(CN)c3)c3ccn(C(C)C)c3c2)c1. The molecule has 7 heteroatoms. The van der Waals surface area contributed by atoms with Crippen LogP contribution < -0.4 is 15.2 Å². The van der Waals surface area contributed by atoms with Crippen LogP contribution in [0.2, 0.25) is 0 Å². The normalized spacial score (nSPS) is 11.2. The Morgan fingerprint density at radius 2 is 1.97 bits per heavy atom. The Morgan fingerprint density at radius 3 is 2.68 bits per heavy atom. The van der Waals surface area contributed by atoms with Crippen molar-refractivity contribution in [3.05, 3.63) is 77.7 Å². The Morgan fingerprint density at radius 1 is 1.15 bits per heavy atom. The maximum absolute atomic E-state index is 11.3. The van der Waals surface area contributed by atoms with Gasteiger partial charge in [0.1, 0.15) is 18.1 Å². The van der Waals surface area contributed by atoms with Crippen LogP contribution in [0, 0.1) is 0 Å². The van der Waals surface area contributed by atoms with E-state index in [4.69, 9.17) is 15.2 Å². The lowest BCUT2D eigenvalue weighted by Gasteiger charge is -2.15. The van der Waals surface area contributed by atoms with E-state index in [-0.39, 0.29) is 13.0 Å². The Labute approximate surface area is 198 Å². The summed E-state index contributed by atoms with van der Waals surface area (Å²) in [7, 11) is 1.57. The molecular weight excluding hydrogens is 430 g/mol. The van der Waals surface area contributed by atoms with Gasteiger partial charge in [0.05, 0.1) is 19.2 Å². The van der Waals surface area contributed by atoms with Crippen LogP contribution in [0.1, 0.15) is 36.7 Å². The van der Waals surface area contributed by atoms with Gasteiger partial charge in [0.15, 0.2) is 0 Å². The number of nitrogens with two attached hydrogens (primary N) is 1. The van der Waals surface area contributed by atoms with E-state index < -0.39 is 5.97 Å². The third-order valence-corrected chi connectivity index (χ3v) is 5.80. The van der Waals surface area contributed by atoms with E-state index in [2.05, 4.69) is 47.8 Å². The molecule has 2 aromatic heterocycles. The van der Waals surface area contributed by atoms with Crippen molar-refractivity contribution in [2.75, 3.05) is 7.11 Å². The molecule has 0 atom stereocenters. The summed E-state index contributed by atoms with van der Waals surface area (Å²) in [6.07, 6.45) is 3.75. The summed E-state index contributed by atoms with van der Waals surface area (Å²) in [5.74, 6) is 0.193. The van der Waals surface area contributed by atoms with E-state index in [1.807, 2.05) is 12.1 Å². The molecule has 0 unspecified atom stereocenters. The van der Waals surface area contributed by atoms with Gasteiger partial charge in [-0.2, -0.15) is 0 Å². The van der Waals surface area contributed by atoms with Gasteiger partial charge in [-0.1, -0.05) is 6.07 Å². The lowest BCUT2D eigenvalue weighted by molar-refractivity contribution is -0.136. The van der Waals surface area contributed by atoms with Crippen molar-refractivity contribution in [2.45, 2.75) is 39.5 Å². The number of aromatic nitrogens is 2. The van der Waals surface area contributed by atoms with Gasteiger partial charge in [-0.25, -0.2) is 0 Å². The largest absolute Gasteiger partial charge is 0.497 e. The number of nitrogens with zero attached hydrogens (tertiary/aromatic N) is 2. The molecule has 176 valence electrons. The Balaban J connectivity index is 1.76.